The van der Waals surface area contributed by atoms with Crippen molar-refractivity contribution < 1.29 is 8.42 Å². The van der Waals surface area contributed by atoms with Crippen LogP contribution in [-0.4, -0.2) is 39.1 Å². The molecule has 0 radical (unpaired) electrons. The summed E-state index contributed by atoms with van der Waals surface area (Å²) in [6.45, 7) is 4.17. The third-order valence-corrected chi connectivity index (χ3v) is 7.06. The van der Waals surface area contributed by atoms with Crippen LogP contribution in [0.5, 0.6) is 0 Å². The Morgan fingerprint density at radius 2 is 1.80 bits per heavy atom. The predicted molar refractivity (Wildman–Crippen MR) is 121 cm³/mol. The molecule has 2 atom stereocenters. The van der Waals surface area contributed by atoms with Crippen molar-refractivity contribution >= 4 is 26.6 Å². The number of nitrogens with one attached hydrogen (secondary N) is 3. The summed E-state index contributed by atoms with van der Waals surface area (Å²) in [5.74, 6) is 0.499. The van der Waals surface area contributed by atoms with Gasteiger partial charge in [0, 0.05) is 35.9 Å². The van der Waals surface area contributed by atoms with Crippen molar-refractivity contribution in [3.05, 3.63) is 66.4 Å². The fourth-order valence-electron chi connectivity index (χ4n) is 3.92. The van der Waals surface area contributed by atoms with Gasteiger partial charge in [0.1, 0.15) is 0 Å². The van der Waals surface area contributed by atoms with Crippen LogP contribution in [-0.2, 0) is 10.0 Å². The van der Waals surface area contributed by atoms with Crippen molar-refractivity contribution in [1.29, 1.82) is 0 Å². The van der Waals surface area contributed by atoms with Crippen molar-refractivity contribution in [3.63, 3.8) is 0 Å². The number of piperidine rings is 1. The van der Waals surface area contributed by atoms with Crippen molar-refractivity contribution in [2.24, 2.45) is 5.92 Å². The number of anilines is 1. The van der Waals surface area contributed by atoms with Crippen LogP contribution < -0.4 is 15.4 Å². The highest BCUT2D eigenvalue weighted by Gasteiger charge is 2.22. The minimum Gasteiger partial charge on any atom is -0.384 e. The Kier molecular flexibility index (Phi) is 6.32. The molecule has 3 aromatic rings. The molecule has 1 aromatic heterocycles. The summed E-state index contributed by atoms with van der Waals surface area (Å²) in [7, 11) is -3.45. The lowest BCUT2D eigenvalue weighted by Crippen LogP contribution is -2.47. The van der Waals surface area contributed by atoms with E-state index < -0.39 is 10.0 Å². The lowest BCUT2D eigenvalue weighted by molar-refractivity contribution is 0.320. The van der Waals surface area contributed by atoms with E-state index in [0.29, 0.717) is 17.4 Å². The number of benzene rings is 2. The van der Waals surface area contributed by atoms with Gasteiger partial charge in [-0.1, -0.05) is 36.4 Å². The molecule has 2 unspecified atom stereocenters. The van der Waals surface area contributed by atoms with E-state index in [1.165, 1.54) is 0 Å². The van der Waals surface area contributed by atoms with E-state index in [0.717, 1.165) is 48.2 Å². The monoisotopic (exact) mass is 424 g/mol. The Balaban J connectivity index is 1.28. The van der Waals surface area contributed by atoms with Crippen LogP contribution in [0.25, 0.3) is 10.9 Å². The van der Waals surface area contributed by atoms with E-state index in [2.05, 4.69) is 32.5 Å². The summed E-state index contributed by atoms with van der Waals surface area (Å²) in [5, 5.41) is 8.24. The third-order valence-electron chi connectivity index (χ3n) is 5.62. The molecule has 6 nitrogen and oxygen atoms in total. The highest BCUT2D eigenvalue weighted by atomic mass is 32.2. The normalized spacial score (nSPS) is 19.6. The molecule has 158 valence electrons. The molecular weight excluding hydrogens is 396 g/mol. The van der Waals surface area contributed by atoms with Crippen LogP contribution >= 0.6 is 0 Å². The summed E-state index contributed by atoms with van der Waals surface area (Å²) in [5.41, 5.74) is 3.13. The predicted octanol–water partition coefficient (Wildman–Crippen LogP) is 3.30. The lowest BCUT2D eigenvalue weighted by Gasteiger charge is -2.30. The number of nitrogens with zero attached hydrogens (tertiary/aromatic N) is 1. The zero-order chi connectivity index (χ0) is 21.0. The summed E-state index contributed by atoms with van der Waals surface area (Å²) in [6.07, 6.45) is 2.00. The molecule has 1 aliphatic rings. The average Bonchev–Trinajstić information content (AvgIpc) is 2.77. The summed E-state index contributed by atoms with van der Waals surface area (Å²) in [6, 6.07) is 18.9. The van der Waals surface area contributed by atoms with Gasteiger partial charge in [0.25, 0.3) is 0 Å². The zero-order valence-corrected chi connectivity index (χ0v) is 18.0. The Bertz CT molecular complexity index is 1090. The Morgan fingerprint density at radius 1 is 1.03 bits per heavy atom. The maximum Gasteiger partial charge on any atom is 0.240 e. The second-order valence-corrected chi connectivity index (χ2v) is 9.69. The fraction of sp³-hybridized carbons (Fsp3) is 0.348. The number of sulfonamides is 1. The number of pyridine rings is 1. The number of aryl methyl sites for hydroxylation is 1. The molecule has 7 heteroatoms. The molecule has 2 aromatic carbocycles. The molecule has 0 bridgehead atoms. The van der Waals surface area contributed by atoms with Gasteiger partial charge in [-0.25, -0.2) is 13.1 Å². The van der Waals surface area contributed by atoms with Gasteiger partial charge in [0.2, 0.25) is 10.0 Å². The van der Waals surface area contributed by atoms with Gasteiger partial charge in [0.15, 0.2) is 0 Å². The smallest absolute Gasteiger partial charge is 0.240 e. The van der Waals surface area contributed by atoms with E-state index in [1.54, 1.807) is 24.3 Å². The number of aromatic nitrogens is 1. The topological polar surface area (TPSA) is 83.1 Å². The number of rotatable bonds is 7. The quantitative estimate of drug-likeness (QED) is 0.542. The summed E-state index contributed by atoms with van der Waals surface area (Å²) in [4.78, 5) is 4.90. The van der Waals surface area contributed by atoms with Gasteiger partial charge in [-0.2, -0.15) is 0 Å². The molecule has 0 amide bonds. The maximum atomic E-state index is 12.4. The molecule has 0 aliphatic carbocycles. The van der Waals surface area contributed by atoms with Crippen LogP contribution in [0.1, 0.15) is 18.5 Å². The van der Waals surface area contributed by atoms with Gasteiger partial charge < -0.3 is 10.6 Å². The highest BCUT2D eigenvalue weighted by Crippen LogP contribution is 2.24. The molecule has 0 saturated carbocycles. The van der Waals surface area contributed by atoms with Gasteiger partial charge >= 0.3 is 0 Å². The highest BCUT2D eigenvalue weighted by molar-refractivity contribution is 7.89. The van der Waals surface area contributed by atoms with Crippen molar-refractivity contribution in [2.45, 2.75) is 30.7 Å². The molecule has 4 rings (SSSR count). The van der Waals surface area contributed by atoms with Crippen molar-refractivity contribution in [2.75, 3.05) is 25.0 Å². The van der Waals surface area contributed by atoms with Crippen molar-refractivity contribution in [3.8, 4) is 0 Å². The summed E-state index contributed by atoms with van der Waals surface area (Å²) >= 11 is 0. The van der Waals surface area contributed by atoms with Crippen LogP contribution in [0.15, 0.2) is 65.6 Å². The maximum absolute atomic E-state index is 12.4. The van der Waals surface area contributed by atoms with Crippen LogP contribution in [0.2, 0.25) is 0 Å². The van der Waals surface area contributed by atoms with Crippen LogP contribution in [0.3, 0.4) is 0 Å². The van der Waals surface area contributed by atoms with E-state index in [4.69, 9.17) is 0 Å². The summed E-state index contributed by atoms with van der Waals surface area (Å²) < 4.78 is 27.5. The molecule has 1 aliphatic heterocycles. The van der Waals surface area contributed by atoms with Gasteiger partial charge in [0.05, 0.1) is 10.4 Å². The van der Waals surface area contributed by atoms with Crippen molar-refractivity contribution in [1.82, 2.24) is 15.0 Å². The number of fused-ring (bicyclic) bond motifs is 1. The number of para-hydroxylation sites is 1. The second-order valence-electron chi connectivity index (χ2n) is 7.92. The van der Waals surface area contributed by atoms with E-state index in [1.807, 2.05) is 31.2 Å². The standard InChI is InChI=1S/C23H28N4O2S/c1-17-13-23(21-9-5-6-10-22(21)27-17)25-15-18-11-12-19(24-14-18)16-26-30(28,29)20-7-3-2-4-8-20/h2-10,13,18-19,24,26H,11-12,14-16H2,1H3,(H,25,27). The van der Waals surface area contributed by atoms with Gasteiger partial charge in [-0.05, 0) is 56.5 Å². The Morgan fingerprint density at radius 3 is 2.57 bits per heavy atom. The molecule has 0 spiro atoms. The first kappa shape index (κ1) is 20.8. The molecule has 1 fully saturated rings. The molecule has 30 heavy (non-hydrogen) atoms. The SMILES string of the molecule is Cc1cc(NCC2CCC(CNS(=O)(=O)c3ccccc3)NC2)c2ccccc2n1. The number of hydrogen-bond donors (Lipinski definition) is 3. The first-order valence-corrected chi connectivity index (χ1v) is 11.9. The zero-order valence-electron chi connectivity index (χ0n) is 17.1. The average molecular weight is 425 g/mol. The number of hydrogen-bond acceptors (Lipinski definition) is 5. The third kappa shape index (κ3) is 4.98. The van der Waals surface area contributed by atoms with Gasteiger partial charge in [-0.3, -0.25) is 4.98 Å². The molecule has 1 saturated heterocycles. The van der Waals surface area contributed by atoms with E-state index in [9.17, 15) is 8.42 Å². The lowest BCUT2D eigenvalue weighted by atomic mass is 9.94. The van der Waals surface area contributed by atoms with E-state index >= 15 is 0 Å². The molecular formula is C23H28N4O2S. The van der Waals surface area contributed by atoms with Crippen LogP contribution in [0, 0.1) is 12.8 Å². The van der Waals surface area contributed by atoms with Crippen LogP contribution in [0.4, 0.5) is 5.69 Å². The second kappa shape index (κ2) is 9.12. The minimum atomic E-state index is -3.45. The Hall–Kier alpha value is -2.48. The first-order valence-electron chi connectivity index (χ1n) is 10.4. The largest absolute Gasteiger partial charge is 0.384 e. The van der Waals surface area contributed by atoms with E-state index in [-0.39, 0.29) is 6.04 Å². The van der Waals surface area contributed by atoms with Gasteiger partial charge in [-0.15, -0.1) is 0 Å². The minimum absolute atomic E-state index is 0.156. The molecule has 2 heterocycles. The fourth-order valence-corrected chi connectivity index (χ4v) is 5.03. The molecule has 3 N–H and O–H groups in total. The Labute approximate surface area is 178 Å². The first-order chi connectivity index (χ1) is 14.5.